The van der Waals surface area contributed by atoms with Crippen LogP contribution in [-0.4, -0.2) is 0 Å². The molecule has 4 bridgehead atoms. The van der Waals surface area contributed by atoms with Crippen molar-refractivity contribution in [1.82, 2.24) is 0 Å². The standard InChI is InChI=1S/C52H40/c1-2-12-34(13-3-1)36-15-10-16-37(31-36)48-41-18-6-8-20-43(41)49(44-21-9-7-19-42(44)48)45-22-11-23-46-50-40-17-5-4-14-35(40)24-25-47(50)52(51(45)46)38-27-32-26-33(29-38)30-39(52)28-32/h1-25,31-33,38-39H,26-30H2. The lowest BCUT2D eigenvalue weighted by atomic mass is 9.42. The summed E-state index contributed by atoms with van der Waals surface area (Å²) in [6, 6.07) is 60.1. The first-order chi connectivity index (χ1) is 25.8. The van der Waals surface area contributed by atoms with Gasteiger partial charge in [0.25, 0.3) is 0 Å². The van der Waals surface area contributed by atoms with Crippen LogP contribution in [0, 0.1) is 23.7 Å². The molecule has 5 aliphatic carbocycles. The summed E-state index contributed by atoms with van der Waals surface area (Å²) in [6.07, 6.45) is 6.98. The van der Waals surface area contributed by atoms with Crippen molar-refractivity contribution in [3.63, 3.8) is 0 Å². The van der Waals surface area contributed by atoms with E-state index in [1.54, 1.807) is 11.1 Å². The molecule has 4 saturated carbocycles. The van der Waals surface area contributed by atoms with Gasteiger partial charge in [-0.05, 0) is 150 Å². The summed E-state index contributed by atoms with van der Waals surface area (Å²) < 4.78 is 0. The van der Waals surface area contributed by atoms with Gasteiger partial charge in [0.15, 0.2) is 0 Å². The molecule has 52 heavy (non-hydrogen) atoms. The third-order valence-electron chi connectivity index (χ3n) is 14.0. The van der Waals surface area contributed by atoms with Crippen LogP contribution in [0.3, 0.4) is 0 Å². The summed E-state index contributed by atoms with van der Waals surface area (Å²) in [5.74, 6) is 3.20. The Morgan fingerprint density at radius 1 is 0.365 bits per heavy atom. The minimum atomic E-state index is 0.0591. The molecule has 4 fully saturated rings. The highest BCUT2D eigenvalue weighted by molar-refractivity contribution is 6.22. The lowest BCUT2D eigenvalue weighted by Crippen LogP contribution is -2.55. The van der Waals surface area contributed by atoms with Crippen molar-refractivity contribution >= 4 is 32.3 Å². The van der Waals surface area contributed by atoms with E-state index >= 15 is 0 Å². The summed E-state index contributed by atoms with van der Waals surface area (Å²) in [4.78, 5) is 0. The first-order valence-corrected chi connectivity index (χ1v) is 19.5. The van der Waals surface area contributed by atoms with Crippen molar-refractivity contribution < 1.29 is 0 Å². The molecule has 0 heterocycles. The predicted octanol–water partition coefficient (Wildman–Crippen LogP) is 13.9. The molecule has 0 nitrogen and oxygen atoms in total. The van der Waals surface area contributed by atoms with Crippen LogP contribution in [-0.2, 0) is 5.41 Å². The molecule has 0 unspecified atom stereocenters. The topological polar surface area (TPSA) is 0 Å². The van der Waals surface area contributed by atoms with Crippen molar-refractivity contribution in [1.29, 1.82) is 0 Å². The maximum Gasteiger partial charge on any atom is 0.0278 e. The molecular formula is C52H40. The molecule has 0 amide bonds. The zero-order chi connectivity index (χ0) is 34.0. The van der Waals surface area contributed by atoms with Gasteiger partial charge in [0, 0.05) is 5.41 Å². The molecule has 8 aromatic rings. The fourth-order valence-corrected chi connectivity index (χ4v) is 12.4. The molecule has 0 N–H and O–H groups in total. The van der Waals surface area contributed by atoms with Crippen molar-refractivity contribution in [2.24, 2.45) is 23.7 Å². The molecule has 0 aliphatic heterocycles. The van der Waals surface area contributed by atoms with Crippen LogP contribution in [0.25, 0.3) is 76.8 Å². The van der Waals surface area contributed by atoms with Crippen molar-refractivity contribution in [3.8, 4) is 44.5 Å². The average Bonchev–Trinajstić information content (AvgIpc) is 3.51. The number of hydrogen-bond acceptors (Lipinski definition) is 0. The molecule has 5 aliphatic rings. The minimum absolute atomic E-state index is 0.0591. The zero-order valence-corrected chi connectivity index (χ0v) is 29.4. The highest BCUT2D eigenvalue weighted by atomic mass is 14.7. The Balaban J connectivity index is 1.18. The van der Waals surface area contributed by atoms with E-state index in [1.807, 2.05) is 0 Å². The smallest absolute Gasteiger partial charge is 0.0278 e. The van der Waals surface area contributed by atoms with Gasteiger partial charge in [0.2, 0.25) is 0 Å². The number of fused-ring (bicyclic) bond motifs is 7. The molecule has 0 radical (unpaired) electrons. The second-order valence-electron chi connectivity index (χ2n) is 16.4. The second-order valence-corrected chi connectivity index (χ2v) is 16.4. The Kier molecular flexibility index (Phi) is 6.04. The Labute approximate surface area is 305 Å². The van der Waals surface area contributed by atoms with Crippen LogP contribution in [0.4, 0.5) is 0 Å². The quantitative estimate of drug-likeness (QED) is 0.165. The molecule has 248 valence electrons. The maximum atomic E-state index is 2.57. The van der Waals surface area contributed by atoms with Gasteiger partial charge in [0.05, 0.1) is 0 Å². The summed E-state index contributed by atoms with van der Waals surface area (Å²) in [5.41, 5.74) is 14.3. The predicted molar refractivity (Wildman–Crippen MR) is 219 cm³/mol. The first-order valence-electron chi connectivity index (χ1n) is 19.5. The van der Waals surface area contributed by atoms with E-state index in [0.717, 1.165) is 11.8 Å². The molecule has 0 atom stereocenters. The van der Waals surface area contributed by atoms with Crippen LogP contribution in [0.2, 0.25) is 0 Å². The van der Waals surface area contributed by atoms with Gasteiger partial charge in [-0.15, -0.1) is 0 Å². The molecular weight excluding hydrogens is 625 g/mol. The molecule has 0 saturated heterocycles. The van der Waals surface area contributed by atoms with E-state index in [9.17, 15) is 0 Å². The summed E-state index contributed by atoms with van der Waals surface area (Å²) >= 11 is 0. The van der Waals surface area contributed by atoms with E-state index in [2.05, 4.69) is 158 Å². The van der Waals surface area contributed by atoms with E-state index in [1.165, 1.54) is 109 Å². The molecule has 0 aromatic heterocycles. The third kappa shape index (κ3) is 3.83. The Bertz CT molecular complexity index is 2660. The highest BCUT2D eigenvalue weighted by Gasteiger charge is 2.62. The van der Waals surface area contributed by atoms with Crippen molar-refractivity contribution in [2.45, 2.75) is 37.5 Å². The summed E-state index contributed by atoms with van der Waals surface area (Å²) in [6.45, 7) is 0. The first kappa shape index (κ1) is 29.2. The Morgan fingerprint density at radius 2 is 0.885 bits per heavy atom. The minimum Gasteiger partial charge on any atom is -0.0622 e. The van der Waals surface area contributed by atoms with E-state index in [0.29, 0.717) is 11.8 Å². The van der Waals surface area contributed by atoms with E-state index in [4.69, 9.17) is 0 Å². The van der Waals surface area contributed by atoms with Gasteiger partial charge in [-0.25, -0.2) is 0 Å². The molecule has 0 heteroatoms. The van der Waals surface area contributed by atoms with Crippen LogP contribution >= 0.6 is 0 Å². The van der Waals surface area contributed by atoms with Gasteiger partial charge in [-0.2, -0.15) is 0 Å². The fourth-order valence-electron chi connectivity index (χ4n) is 12.4. The second kappa shape index (κ2) is 10.8. The fraction of sp³-hybridized carbons (Fsp3) is 0.192. The van der Waals surface area contributed by atoms with E-state index in [-0.39, 0.29) is 5.41 Å². The zero-order valence-electron chi connectivity index (χ0n) is 29.4. The van der Waals surface area contributed by atoms with Crippen molar-refractivity contribution in [3.05, 3.63) is 169 Å². The lowest BCUT2D eigenvalue weighted by molar-refractivity contribution is -0.0396. The van der Waals surface area contributed by atoms with Gasteiger partial charge in [-0.1, -0.05) is 152 Å². The maximum absolute atomic E-state index is 2.57. The SMILES string of the molecule is c1ccc(-c2cccc(-c3c4ccccc4c(-c4cccc5c4C4(c6ccc7ccccc7c6-5)C5CC6CC(C5)CC4C6)c4ccccc34)c2)cc1. The van der Waals surface area contributed by atoms with Crippen LogP contribution in [0.15, 0.2) is 158 Å². The molecule has 1 spiro atoms. The van der Waals surface area contributed by atoms with E-state index < -0.39 is 0 Å². The third-order valence-corrected chi connectivity index (χ3v) is 14.0. The Hall–Kier alpha value is -5.46. The van der Waals surface area contributed by atoms with Crippen LogP contribution in [0.1, 0.15) is 43.2 Å². The average molecular weight is 665 g/mol. The number of benzene rings is 8. The van der Waals surface area contributed by atoms with Gasteiger partial charge >= 0.3 is 0 Å². The normalized spacial score (nSPS) is 23.8. The summed E-state index contributed by atoms with van der Waals surface area (Å²) in [5, 5.41) is 8.16. The Morgan fingerprint density at radius 3 is 1.56 bits per heavy atom. The van der Waals surface area contributed by atoms with Gasteiger partial charge in [-0.3, -0.25) is 0 Å². The van der Waals surface area contributed by atoms with Crippen LogP contribution in [0.5, 0.6) is 0 Å². The van der Waals surface area contributed by atoms with Crippen LogP contribution < -0.4 is 0 Å². The van der Waals surface area contributed by atoms with Crippen molar-refractivity contribution in [2.75, 3.05) is 0 Å². The monoisotopic (exact) mass is 664 g/mol. The molecule has 8 aromatic carbocycles. The van der Waals surface area contributed by atoms with Gasteiger partial charge < -0.3 is 0 Å². The largest absolute Gasteiger partial charge is 0.0622 e. The number of hydrogen-bond donors (Lipinski definition) is 0. The number of rotatable bonds is 3. The summed E-state index contributed by atoms with van der Waals surface area (Å²) in [7, 11) is 0. The highest BCUT2D eigenvalue weighted by Crippen LogP contribution is 2.71. The molecule has 13 rings (SSSR count). The van der Waals surface area contributed by atoms with Gasteiger partial charge in [0.1, 0.15) is 0 Å². The lowest BCUT2D eigenvalue weighted by Gasteiger charge is -2.61.